The van der Waals surface area contributed by atoms with Crippen molar-refractivity contribution in [3.05, 3.63) is 89.6 Å². The Kier molecular flexibility index (Phi) is 4.86. The zero-order valence-electron chi connectivity index (χ0n) is 18.8. The number of Topliss-reactive ketones (excluding diaryl/α,β-unsaturated/α-hetero) is 1. The molecule has 176 valence electrons. The third-order valence-corrected chi connectivity index (χ3v) is 6.84. The fraction of sp³-hybridized carbons (Fsp3) is 0.214. The summed E-state index contributed by atoms with van der Waals surface area (Å²) in [6.45, 7) is 0.461. The van der Waals surface area contributed by atoms with Crippen molar-refractivity contribution in [2.75, 3.05) is 0 Å². The van der Waals surface area contributed by atoms with Crippen molar-refractivity contribution in [2.45, 2.75) is 37.5 Å². The monoisotopic (exact) mass is 472 g/mol. The number of rotatable bonds is 6. The number of carbonyl (C=O) groups is 1. The van der Waals surface area contributed by atoms with E-state index in [1.165, 1.54) is 12.1 Å². The third kappa shape index (κ3) is 3.82. The number of ketones is 1. The number of hydrogen-bond donors (Lipinski definition) is 1. The summed E-state index contributed by atoms with van der Waals surface area (Å²) in [6, 6.07) is 22.5. The van der Waals surface area contributed by atoms with Gasteiger partial charge in [0.1, 0.15) is 5.78 Å². The van der Waals surface area contributed by atoms with Crippen LogP contribution in [0.1, 0.15) is 29.7 Å². The van der Waals surface area contributed by atoms with Gasteiger partial charge in [-0.3, -0.25) is 9.78 Å². The first-order valence-electron chi connectivity index (χ1n) is 11.5. The van der Waals surface area contributed by atoms with E-state index in [2.05, 4.69) is 9.47 Å². The first-order valence-corrected chi connectivity index (χ1v) is 11.5. The minimum atomic E-state index is -3.69. The maximum atomic E-state index is 13.5. The van der Waals surface area contributed by atoms with Crippen molar-refractivity contribution < 1.29 is 23.0 Å². The molecule has 0 atom stereocenters. The highest BCUT2D eigenvalue weighted by Gasteiger charge is 2.52. The fourth-order valence-electron chi connectivity index (χ4n) is 4.80. The molecular formula is C28H22F2N2O3. The maximum absolute atomic E-state index is 13.5. The Morgan fingerprint density at radius 3 is 2.43 bits per heavy atom. The molecule has 4 aromatic rings. The average Bonchev–Trinajstić information content (AvgIpc) is 3.60. The second-order valence-electron chi connectivity index (χ2n) is 9.10. The van der Waals surface area contributed by atoms with Gasteiger partial charge in [-0.05, 0) is 47.6 Å². The predicted molar refractivity (Wildman–Crippen MR) is 127 cm³/mol. The van der Waals surface area contributed by atoms with E-state index in [-0.39, 0.29) is 23.7 Å². The summed E-state index contributed by atoms with van der Waals surface area (Å²) in [6.07, 6.45) is -2.23. The zero-order valence-corrected chi connectivity index (χ0v) is 18.8. The summed E-state index contributed by atoms with van der Waals surface area (Å²) in [7, 11) is 0. The zero-order chi connectivity index (χ0) is 24.2. The number of benzene rings is 3. The predicted octanol–water partition coefficient (Wildman–Crippen LogP) is 5.53. The Bertz CT molecular complexity index is 1460. The molecule has 1 saturated carbocycles. The van der Waals surface area contributed by atoms with Crippen LogP contribution in [0.25, 0.3) is 22.0 Å². The standard InChI is InChI=1S/C28H22F2N2O3/c29-28(30)34-23-10-9-20(14-24(23)35-28)27(11-12-27)25(33)15-21-13-19-3-1-2-4-22(19)26(32-21)18-7-5-17(16-31)6-8-18/h1-10,13-14H,11-12,15-16,31H2. The van der Waals surface area contributed by atoms with Gasteiger partial charge in [-0.15, -0.1) is 8.78 Å². The molecule has 2 aliphatic rings. The smallest absolute Gasteiger partial charge is 0.395 e. The summed E-state index contributed by atoms with van der Waals surface area (Å²) in [5, 5.41) is 2.00. The van der Waals surface area contributed by atoms with Gasteiger partial charge >= 0.3 is 6.29 Å². The highest BCUT2D eigenvalue weighted by atomic mass is 19.3. The van der Waals surface area contributed by atoms with Gasteiger partial charge in [0.15, 0.2) is 11.5 Å². The van der Waals surface area contributed by atoms with Crippen molar-refractivity contribution in [3.63, 3.8) is 0 Å². The number of nitrogens with zero attached hydrogens (tertiary/aromatic N) is 1. The SMILES string of the molecule is NCc1ccc(-c2nc(CC(=O)C3(c4ccc5c(c4)OC(F)(F)O5)CC3)cc3ccccc23)cc1. The molecule has 1 aliphatic carbocycles. The largest absolute Gasteiger partial charge is 0.586 e. The van der Waals surface area contributed by atoms with Gasteiger partial charge in [0.25, 0.3) is 0 Å². The molecule has 2 N–H and O–H groups in total. The van der Waals surface area contributed by atoms with E-state index >= 15 is 0 Å². The van der Waals surface area contributed by atoms with Crippen LogP contribution in [0.5, 0.6) is 11.5 Å². The molecule has 0 amide bonds. The topological polar surface area (TPSA) is 74.4 Å². The van der Waals surface area contributed by atoms with Gasteiger partial charge in [0, 0.05) is 29.6 Å². The number of nitrogens with two attached hydrogens (primary N) is 1. The highest BCUT2D eigenvalue weighted by Crippen LogP contribution is 2.52. The van der Waals surface area contributed by atoms with Crippen molar-refractivity contribution in [3.8, 4) is 22.8 Å². The molecule has 3 aromatic carbocycles. The number of ether oxygens (including phenoxy) is 2. The normalized spacial score (nSPS) is 16.9. The minimum Gasteiger partial charge on any atom is -0.395 e. The number of halogens is 2. The van der Waals surface area contributed by atoms with E-state index in [4.69, 9.17) is 10.7 Å². The molecule has 5 nitrogen and oxygen atoms in total. The molecule has 0 unspecified atom stereocenters. The molecule has 0 bridgehead atoms. The number of fused-ring (bicyclic) bond motifs is 2. The lowest BCUT2D eigenvalue weighted by atomic mass is 9.88. The molecule has 0 spiro atoms. The van der Waals surface area contributed by atoms with E-state index in [0.29, 0.717) is 30.6 Å². The van der Waals surface area contributed by atoms with Crippen LogP contribution in [0, 0.1) is 0 Å². The lowest BCUT2D eigenvalue weighted by Gasteiger charge is -2.16. The number of hydrogen-bond acceptors (Lipinski definition) is 5. The van der Waals surface area contributed by atoms with E-state index in [0.717, 1.165) is 27.6 Å². The van der Waals surface area contributed by atoms with E-state index in [1.54, 1.807) is 6.07 Å². The van der Waals surface area contributed by atoms with Crippen molar-refractivity contribution in [1.29, 1.82) is 0 Å². The fourth-order valence-corrected chi connectivity index (χ4v) is 4.80. The Hall–Kier alpha value is -3.84. The molecule has 6 rings (SSSR count). The molecule has 0 radical (unpaired) electrons. The quantitative estimate of drug-likeness (QED) is 0.400. The minimum absolute atomic E-state index is 0.00957. The number of carbonyl (C=O) groups excluding carboxylic acids is 1. The molecule has 7 heteroatoms. The summed E-state index contributed by atoms with van der Waals surface area (Å²) in [4.78, 5) is 18.4. The molecule has 1 aromatic heterocycles. The number of pyridine rings is 1. The van der Waals surface area contributed by atoms with Crippen molar-refractivity contribution >= 4 is 16.6 Å². The lowest BCUT2D eigenvalue weighted by Crippen LogP contribution is -2.26. The average molecular weight is 472 g/mol. The van der Waals surface area contributed by atoms with Crippen LogP contribution in [-0.4, -0.2) is 17.1 Å². The molecule has 1 aliphatic heterocycles. The van der Waals surface area contributed by atoms with Gasteiger partial charge in [0.05, 0.1) is 11.1 Å². The summed E-state index contributed by atoms with van der Waals surface area (Å²) < 4.78 is 36.0. The Balaban J connectivity index is 1.33. The van der Waals surface area contributed by atoms with Gasteiger partial charge in [-0.2, -0.15) is 0 Å². The van der Waals surface area contributed by atoms with Crippen LogP contribution in [0.2, 0.25) is 0 Å². The Labute approximate surface area is 200 Å². The summed E-state index contributed by atoms with van der Waals surface area (Å²) >= 11 is 0. The third-order valence-electron chi connectivity index (χ3n) is 6.84. The van der Waals surface area contributed by atoms with Crippen LogP contribution in [0.15, 0.2) is 72.8 Å². The van der Waals surface area contributed by atoms with Gasteiger partial charge in [-0.25, -0.2) is 0 Å². The van der Waals surface area contributed by atoms with Gasteiger partial charge in [-0.1, -0.05) is 54.6 Å². The Morgan fingerprint density at radius 2 is 1.69 bits per heavy atom. The molecular weight excluding hydrogens is 450 g/mol. The van der Waals surface area contributed by atoms with Gasteiger partial charge in [0.2, 0.25) is 0 Å². The summed E-state index contributed by atoms with van der Waals surface area (Å²) in [5.41, 5.74) is 9.15. The van der Waals surface area contributed by atoms with E-state index in [9.17, 15) is 13.6 Å². The number of alkyl halides is 2. The molecule has 0 saturated heterocycles. The first-order chi connectivity index (χ1) is 16.9. The molecule has 2 heterocycles. The van der Waals surface area contributed by atoms with Crippen LogP contribution >= 0.6 is 0 Å². The molecule has 35 heavy (non-hydrogen) atoms. The lowest BCUT2D eigenvalue weighted by molar-refractivity contribution is -0.286. The second kappa shape index (κ2) is 7.85. The highest BCUT2D eigenvalue weighted by molar-refractivity contribution is 5.98. The van der Waals surface area contributed by atoms with Crippen molar-refractivity contribution in [1.82, 2.24) is 4.98 Å². The molecule has 1 fully saturated rings. The van der Waals surface area contributed by atoms with Crippen LogP contribution < -0.4 is 15.2 Å². The maximum Gasteiger partial charge on any atom is 0.586 e. The second-order valence-corrected chi connectivity index (χ2v) is 9.10. The number of aromatic nitrogens is 1. The van der Waals surface area contributed by atoms with Crippen LogP contribution in [-0.2, 0) is 23.2 Å². The van der Waals surface area contributed by atoms with E-state index < -0.39 is 11.7 Å². The Morgan fingerprint density at radius 1 is 0.943 bits per heavy atom. The first kappa shape index (κ1) is 21.7. The van der Waals surface area contributed by atoms with Crippen molar-refractivity contribution in [2.24, 2.45) is 5.73 Å². The van der Waals surface area contributed by atoms with E-state index in [1.807, 2.05) is 54.6 Å². The van der Waals surface area contributed by atoms with Crippen LogP contribution in [0.3, 0.4) is 0 Å². The van der Waals surface area contributed by atoms with Crippen LogP contribution in [0.4, 0.5) is 8.78 Å². The summed E-state index contributed by atoms with van der Waals surface area (Å²) in [5.74, 6) is -0.0579. The van der Waals surface area contributed by atoms with Gasteiger partial charge < -0.3 is 15.2 Å².